The van der Waals surface area contributed by atoms with Crippen molar-refractivity contribution in [2.45, 2.75) is 25.3 Å². The molecule has 0 saturated carbocycles. The number of nitrogens with zero attached hydrogens (tertiary/aromatic N) is 1. The van der Waals surface area contributed by atoms with Crippen LogP contribution in [0.15, 0.2) is 81.2 Å². The number of hydrogen-bond donors (Lipinski definition) is 1. The first kappa shape index (κ1) is 22.8. The summed E-state index contributed by atoms with van der Waals surface area (Å²) in [6.07, 6.45) is 1.42. The van der Waals surface area contributed by atoms with Crippen molar-refractivity contribution in [2.24, 2.45) is 5.10 Å². The molecule has 0 amide bonds. The molecule has 0 aliphatic rings. The van der Waals surface area contributed by atoms with Crippen LogP contribution in [-0.4, -0.2) is 21.2 Å². The molecule has 0 heterocycles. The van der Waals surface area contributed by atoms with Crippen LogP contribution < -0.4 is 14.3 Å². The van der Waals surface area contributed by atoms with E-state index >= 15 is 0 Å². The lowest BCUT2D eigenvalue weighted by molar-refractivity contribution is 0.267. The molecule has 0 aliphatic heterocycles. The fraction of sp³-hybridized carbons (Fsp3) is 0.174. The molecule has 0 atom stereocenters. The summed E-state index contributed by atoms with van der Waals surface area (Å²) in [5.74, 6) is 1.12. The number of rotatable bonds is 9. The van der Waals surface area contributed by atoms with E-state index in [1.165, 1.54) is 18.3 Å². The molecule has 6 nitrogen and oxygen atoms in total. The SMILES string of the molecule is CCOc1cc(/C=N\NS(=O)(=O)c2ccccc2)cc(Br)c1OCc1ccccc1C. The van der Waals surface area contributed by atoms with Gasteiger partial charge >= 0.3 is 0 Å². The van der Waals surface area contributed by atoms with Crippen LogP contribution in [-0.2, 0) is 16.6 Å². The van der Waals surface area contributed by atoms with Gasteiger partial charge < -0.3 is 9.47 Å². The minimum atomic E-state index is -3.73. The maximum absolute atomic E-state index is 12.3. The largest absolute Gasteiger partial charge is 0.490 e. The van der Waals surface area contributed by atoms with Gasteiger partial charge in [0.05, 0.1) is 22.2 Å². The van der Waals surface area contributed by atoms with Gasteiger partial charge in [-0.15, -0.1) is 0 Å². The third kappa shape index (κ3) is 6.08. The number of aryl methyl sites for hydroxylation is 1. The van der Waals surface area contributed by atoms with E-state index in [0.717, 1.165) is 11.1 Å². The molecule has 31 heavy (non-hydrogen) atoms. The lowest BCUT2D eigenvalue weighted by Gasteiger charge is -2.15. The predicted octanol–water partition coefficient (Wildman–Crippen LogP) is 5.05. The van der Waals surface area contributed by atoms with E-state index in [4.69, 9.17) is 9.47 Å². The highest BCUT2D eigenvalue weighted by atomic mass is 79.9. The Balaban J connectivity index is 1.78. The van der Waals surface area contributed by atoms with Crippen LogP contribution in [0.25, 0.3) is 0 Å². The second kappa shape index (κ2) is 10.5. The summed E-state index contributed by atoms with van der Waals surface area (Å²) in [6.45, 7) is 4.77. The van der Waals surface area contributed by atoms with Crippen molar-refractivity contribution >= 4 is 32.2 Å². The van der Waals surface area contributed by atoms with Crippen LogP contribution in [0, 0.1) is 6.92 Å². The molecule has 3 rings (SSSR count). The van der Waals surface area contributed by atoms with E-state index in [1.54, 1.807) is 30.3 Å². The van der Waals surface area contributed by atoms with Crippen LogP contribution in [0.5, 0.6) is 11.5 Å². The minimum Gasteiger partial charge on any atom is -0.490 e. The topological polar surface area (TPSA) is 77.0 Å². The highest BCUT2D eigenvalue weighted by Crippen LogP contribution is 2.37. The second-order valence-electron chi connectivity index (χ2n) is 6.64. The van der Waals surface area contributed by atoms with Gasteiger partial charge in [-0.3, -0.25) is 0 Å². The molecule has 0 unspecified atom stereocenters. The van der Waals surface area contributed by atoms with Crippen LogP contribution >= 0.6 is 15.9 Å². The van der Waals surface area contributed by atoms with E-state index in [-0.39, 0.29) is 4.90 Å². The number of nitrogens with one attached hydrogen (secondary N) is 1. The van der Waals surface area contributed by atoms with Gasteiger partial charge in [-0.05, 0) is 70.7 Å². The average molecular weight is 503 g/mol. The molecule has 0 fully saturated rings. The maximum atomic E-state index is 12.3. The monoisotopic (exact) mass is 502 g/mol. The van der Waals surface area contributed by atoms with Crippen LogP contribution in [0.1, 0.15) is 23.6 Å². The summed E-state index contributed by atoms with van der Waals surface area (Å²) in [5.41, 5.74) is 2.87. The molecule has 0 radical (unpaired) electrons. The summed E-state index contributed by atoms with van der Waals surface area (Å²) >= 11 is 3.52. The summed E-state index contributed by atoms with van der Waals surface area (Å²) < 4.78 is 37.0. The first-order valence-corrected chi connectivity index (χ1v) is 11.9. The van der Waals surface area contributed by atoms with Gasteiger partial charge in [0.15, 0.2) is 11.5 Å². The molecular formula is C23H23BrN2O4S. The lowest BCUT2D eigenvalue weighted by Crippen LogP contribution is -2.18. The number of halogens is 1. The summed E-state index contributed by atoms with van der Waals surface area (Å²) in [5, 5.41) is 3.89. The Kier molecular flexibility index (Phi) is 7.70. The number of ether oxygens (including phenoxy) is 2. The molecule has 0 saturated heterocycles. The predicted molar refractivity (Wildman–Crippen MR) is 125 cm³/mol. The van der Waals surface area contributed by atoms with Gasteiger partial charge in [0.25, 0.3) is 10.0 Å². The lowest BCUT2D eigenvalue weighted by atomic mass is 10.1. The molecular weight excluding hydrogens is 480 g/mol. The highest BCUT2D eigenvalue weighted by molar-refractivity contribution is 9.10. The maximum Gasteiger partial charge on any atom is 0.276 e. The normalized spacial score (nSPS) is 11.5. The van der Waals surface area contributed by atoms with Gasteiger partial charge in [0, 0.05) is 0 Å². The van der Waals surface area contributed by atoms with Gasteiger partial charge in [-0.2, -0.15) is 13.5 Å². The number of sulfonamides is 1. The van der Waals surface area contributed by atoms with Crippen LogP contribution in [0.3, 0.4) is 0 Å². The third-order valence-electron chi connectivity index (χ3n) is 4.40. The second-order valence-corrected chi connectivity index (χ2v) is 9.16. The first-order chi connectivity index (χ1) is 14.9. The van der Waals surface area contributed by atoms with Crippen LogP contribution in [0.2, 0.25) is 0 Å². The summed E-state index contributed by atoms with van der Waals surface area (Å²) in [7, 11) is -3.73. The molecule has 8 heteroatoms. The third-order valence-corrected chi connectivity index (χ3v) is 6.23. The summed E-state index contributed by atoms with van der Waals surface area (Å²) in [4.78, 5) is 2.36. The Hall–Kier alpha value is -2.84. The van der Waals surface area contributed by atoms with Crippen molar-refractivity contribution in [3.05, 3.63) is 87.9 Å². The Labute approximate surface area is 191 Å². The molecule has 1 N–H and O–H groups in total. The Morgan fingerprint density at radius 2 is 1.74 bits per heavy atom. The average Bonchev–Trinajstić information content (AvgIpc) is 2.75. The standard InChI is InChI=1S/C23H23BrN2O4S/c1-3-29-22-14-18(15-25-26-31(27,28)20-11-5-4-6-12-20)13-21(24)23(22)30-16-19-10-8-7-9-17(19)2/h4-15,26H,3,16H2,1-2H3/b25-15-. The molecule has 0 aromatic heterocycles. The van der Waals surface area contributed by atoms with Crippen molar-refractivity contribution < 1.29 is 17.9 Å². The van der Waals surface area contributed by atoms with Crippen molar-refractivity contribution in [1.82, 2.24) is 4.83 Å². The molecule has 0 bridgehead atoms. The van der Waals surface area contributed by atoms with E-state index in [0.29, 0.717) is 34.7 Å². The molecule has 0 aliphatic carbocycles. The zero-order valence-corrected chi connectivity index (χ0v) is 19.6. The smallest absolute Gasteiger partial charge is 0.276 e. The van der Waals surface area contributed by atoms with E-state index in [1.807, 2.05) is 38.1 Å². The summed E-state index contributed by atoms with van der Waals surface area (Å²) in [6, 6.07) is 19.6. The van der Waals surface area contributed by atoms with Crippen molar-refractivity contribution in [3.8, 4) is 11.5 Å². The van der Waals surface area contributed by atoms with Crippen molar-refractivity contribution in [3.63, 3.8) is 0 Å². The van der Waals surface area contributed by atoms with E-state index in [2.05, 4.69) is 25.9 Å². The Bertz CT molecular complexity index is 1170. The number of benzene rings is 3. The zero-order valence-electron chi connectivity index (χ0n) is 17.2. The molecule has 3 aromatic carbocycles. The quantitative estimate of drug-likeness (QED) is 0.328. The molecule has 162 valence electrons. The van der Waals surface area contributed by atoms with Crippen molar-refractivity contribution in [2.75, 3.05) is 6.61 Å². The minimum absolute atomic E-state index is 0.142. The van der Waals surface area contributed by atoms with Gasteiger partial charge in [-0.1, -0.05) is 42.5 Å². The molecule has 0 spiro atoms. The van der Waals surface area contributed by atoms with Gasteiger partial charge in [0.1, 0.15) is 6.61 Å². The van der Waals surface area contributed by atoms with Crippen LogP contribution in [0.4, 0.5) is 0 Å². The molecule has 3 aromatic rings. The van der Waals surface area contributed by atoms with E-state index < -0.39 is 10.0 Å². The number of hydrazone groups is 1. The zero-order chi connectivity index (χ0) is 22.3. The fourth-order valence-corrected chi connectivity index (χ4v) is 4.20. The fourth-order valence-electron chi connectivity index (χ4n) is 2.81. The first-order valence-electron chi connectivity index (χ1n) is 9.64. The number of hydrogen-bond acceptors (Lipinski definition) is 5. The van der Waals surface area contributed by atoms with Gasteiger partial charge in [0.2, 0.25) is 0 Å². The highest BCUT2D eigenvalue weighted by Gasteiger charge is 2.14. The Morgan fingerprint density at radius 1 is 1.03 bits per heavy atom. The Morgan fingerprint density at radius 3 is 2.45 bits per heavy atom. The van der Waals surface area contributed by atoms with Crippen molar-refractivity contribution in [1.29, 1.82) is 0 Å². The van der Waals surface area contributed by atoms with E-state index in [9.17, 15) is 8.42 Å². The van der Waals surface area contributed by atoms with Gasteiger partial charge in [-0.25, -0.2) is 4.83 Å².